The molecule has 1 aromatic carbocycles. The number of tetrazole rings is 1. The predicted molar refractivity (Wildman–Crippen MR) is 105 cm³/mol. The molecule has 3 aromatic heterocycles. The van der Waals surface area contributed by atoms with Gasteiger partial charge in [-0.05, 0) is 52.7 Å². The van der Waals surface area contributed by atoms with E-state index in [0.29, 0.717) is 28.8 Å². The fourth-order valence-corrected chi connectivity index (χ4v) is 2.77. The normalized spacial score (nSPS) is 10.8. The van der Waals surface area contributed by atoms with Gasteiger partial charge < -0.3 is 10.1 Å². The summed E-state index contributed by atoms with van der Waals surface area (Å²) in [7, 11) is 0. The number of aromatic amines is 1. The molecule has 0 atom stereocenters. The molecule has 4 rings (SSSR count). The highest BCUT2D eigenvalue weighted by Crippen LogP contribution is 2.32. The topological polar surface area (TPSA) is 102 Å². The Morgan fingerprint density at radius 1 is 1.03 bits per heavy atom. The van der Waals surface area contributed by atoms with Gasteiger partial charge in [-0.2, -0.15) is 0 Å². The highest BCUT2D eigenvalue weighted by molar-refractivity contribution is 5.63. The minimum Gasteiger partial charge on any atom is -0.450 e. The number of aromatic nitrogens is 6. The van der Waals surface area contributed by atoms with Crippen molar-refractivity contribution >= 4 is 11.6 Å². The van der Waals surface area contributed by atoms with Gasteiger partial charge in [0, 0.05) is 24.0 Å². The van der Waals surface area contributed by atoms with Crippen molar-refractivity contribution in [2.24, 2.45) is 0 Å². The third kappa shape index (κ3) is 4.37. The maximum Gasteiger partial charge on any atom is 0.180 e. The van der Waals surface area contributed by atoms with Gasteiger partial charge in [0.15, 0.2) is 29.0 Å². The summed E-state index contributed by atoms with van der Waals surface area (Å²) in [6.07, 6.45) is 5.01. The SMILES string of the molecule is CCCc1cnc(Nc2ccc(-c3nnn[nH]3)cn2)c(Oc2ccc(F)cc2F)c1. The summed E-state index contributed by atoms with van der Waals surface area (Å²) in [6.45, 7) is 2.04. The fourth-order valence-electron chi connectivity index (χ4n) is 2.77. The van der Waals surface area contributed by atoms with E-state index in [0.717, 1.165) is 30.5 Å². The Balaban J connectivity index is 1.61. The van der Waals surface area contributed by atoms with Crippen LogP contribution in [-0.4, -0.2) is 30.6 Å². The predicted octanol–water partition coefficient (Wildman–Crippen LogP) is 4.42. The fraction of sp³-hybridized carbons (Fsp3) is 0.150. The van der Waals surface area contributed by atoms with E-state index in [-0.39, 0.29) is 5.75 Å². The molecule has 0 aliphatic carbocycles. The maximum absolute atomic E-state index is 14.1. The second-order valence-corrected chi connectivity index (χ2v) is 6.42. The standard InChI is InChI=1S/C20H17F2N7O/c1-2-3-12-8-17(30-16-6-5-14(21)9-15(16)22)20(24-10-12)25-18-7-4-13(11-23-18)19-26-28-29-27-19/h4-11H,2-3H2,1H3,(H,23,24,25)(H,26,27,28,29). The quantitative estimate of drug-likeness (QED) is 0.466. The van der Waals surface area contributed by atoms with E-state index >= 15 is 0 Å². The van der Waals surface area contributed by atoms with Crippen LogP contribution >= 0.6 is 0 Å². The highest BCUT2D eigenvalue weighted by atomic mass is 19.1. The number of benzene rings is 1. The third-order valence-electron chi connectivity index (χ3n) is 4.19. The van der Waals surface area contributed by atoms with Gasteiger partial charge in [0.2, 0.25) is 0 Å². The number of ether oxygens (including phenoxy) is 1. The van der Waals surface area contributed by atoms with Crippen molar-refractivity contribution in [1.29, 1.82) is 0 Å². The first-order chi connectivity index (χ1) is 14.6. The van der Waals surface area contributed by atoms with Gasteiger partial charge in [-0.25, -0.2) is 23.8 Å². The Bertz CT molecular complexity index is 1130. The summed E-state index contributed by atoms with van der Waals surface area (Å²) in [5, 5.41) is 16.6. The van der Waals surface area contributed by atoms with Crippen LogP contribution < -0.4 is 10.1 Å². The molecule has 8 nitrogen and oxygen atoms in total. The molecular weight excluding hydrogens is 392 g/mol. The minimum atomic E-state index is -0.801. The number of pyridine rings is 2. The monoisotopic (exact) mass is 409 g/mol. The molecule has 3 heterocycles. The molecule has 0 spiro atoms. The Morgan fingerprint density at radius 3 is 2.63 bits per heavy atom. The van der Waals surface area contributed by atoms with Crippen molar-refractivity contribution < 1.29 is 13.5 Å². The zero-order valence-electron chi connectivity index (χ0n) is 15.9. The Kier molecular flexibility index (Phi) is 5.55. The molecular formula is C20H17F2N7O. The lowest BCUT2D eigenvalue weighted by molar-refractivity contribution is 0.437. The van der Waals surface area contributed by atoms with Gasteiger partial charge in [-0.1, -0.05) is 13.3 Å². The highest BCUT2D eigenvalue weighted by Gasteiger charge is 2.13. The molecule has 0 saturated carbocycles. The molecule has 0 saturated heterocycles. The zero-order chi connectivity index (χ0) is 20.9. The van der Waals surface area contributed by atoms with Crippen LogP contribution in [0.2, 0.25) is 0 Å². The van der Waals surface area contributed by atoms with E-state index in [1.807, 2.05) is 6.92 Å². The lowest BCUT2D eigenvalue weighted by Crippen LogP contribution is -2.01. The Labute approximate surface area is 170 Å². The number of halogens is 2. The van der Waals surface area contributed by atoms with Crippen molar-refractivity contribution in [3.05, 3.63) is 66.0 Å². The molecule has 4 aromatic rings. The summed E-state index contributed by atoms with van der Waals surface area (Å²) < 4.78 is 33.0. The molecule has 0 bridgehead atoms. The van der Waals surface area contributed by atoms with Crippen LogP contribution in [0.5, 0.6) is 11.5 Å². The van der Waals surface area contributed by atoms with Gasteiger partial charge in [-0.3, -0.25) is 0 Å². The smallest absolute Gasteiger partial charge is 0.180 e. The van der Waals surface area contributed by atoms with Crippen LogP contribution in [0.1, 0.15) is 18.9 Å². The van der Waals surface area contributed by atoms with Crippen molar-refractivity contribution in [3.8, 4) is 22.9 Å². The molecule has 0 amide bonds. The van der Waals surface area contributed by atoms with Gasteiger partial charge in [-0.15, -0.1) is 5.10 Å². The Morgan fingerprint density at radius 2 is 1.93 bits per heavy atom. The average Bonchev–Trinajstić information content (AvgIpc) is 3.27. The number of rotatable bonds is 7. The summed E-state index contributed by atoms with van der Waals surface area (Å²) in [4.78, 5) is 8.72. The van der Waals surface area contributed by atoms with Crippen LogP contribution in [-0.2, 0) is 6.42 Å². The number of H-pyrrole nitrogens is 1. The molecule has 152 valence electrons. The average molecular weight is 409 g/mol. The van der Waals surface area contributed by atoms with Gasteiger partial charge >= 0.3 is 0 Å². The summed E-state index contributed by atoms with van der Waals surface area (Å²) in [5.74, 6) is 0.0542. The van der Waals surface area contributed by atoms with Gasteiger partial charge in [0.25, 0.3) is 0 Å². The molecule has 2 N–H and O–H groups in total. The summed E-state index contributed by atoms with van der Waals surface area (Å²) in [5.41, 5.74) is 1.64. The lowest BCUT2D eigenvalue weighted by Gasteiger charge is -2.14. The van der Waals surface area contributed by atoms with E-state index in [1.54, 1.807) is 30.6 Å². The molecule has 0 aliphatic heterocycles. The lowest BCUT2D eigenvalue weighted by atomic mass is 10.1. The molecule has 10 heteroatoms. The van der Waals surface area contributed by atoms with Crippen LogP contribution in [0.25, 0.3) is 11.4 Å². The second-order valence-electron chi connectivity index (χ2n) is 6.42. The first-order valence-corrected chi connectivity index (χ1v) is 9.21. The van der Waals surface area contributed by atoms with Gasteiger partial charge in [0.05, 0.1) is 0 Å². The van der Waals surface area contributed by atoms with Crippen molar-refractivity contribution in [1.82, 2.24) is 30.6 Å². The Hall–Kier alpha value is -3.95. The minimum absolute atomic E-state index is 0.101. The first-order valence-electron chi connectivity index (χ1n) is 9.21. The van der Waals surface area contributed by atoms with Crippen LogP contribution in [0.4, 0.5) is 20.4 Å². The number of anilines is 2. The number of nitrogens with one attached hydrogen (secondary N) is 2. The van der Waals surface area contributed by atoms with E-state index in [4.69, 9.17) is 4.74 Å². The summed E-state index contributed by atoms with van der Waals surface area (Å²) >= 11 is 0. The van der Waals surface area contributed by atoms with E-state index < -0.39 is 11.6 Å². The number of hydrogen-bond donors (Lipinski definition) is 2. The molecule has 0 fully saturated rings. The molecule has 0 radical (unpaired) electrons. The van der Waals surface area contributed by atoms with Crippen LogP contribution in [0.3, 0.4) is 0 Å². The van der Waals surface area contributed by atoms with Crippen molar-refractivity contribution in [3.63, 3.8) is 0 Å². The molecule has 0 aliphatic rings. The van der Waals surface area contributed by atoms with E-state index in [1.165, 1.54) is 6.07 Å². The van der Waals surface area contributed by atoms with E-state index in [2.05, 4.69) is 35.9 Å². The largest absolute Gasteiger partial charge is 0.450 e. The summed E-state index contributed by atoms with van der Waals surface area (Å²) in [6, 6.07) is 8.42. The maximum atomic E-state index is 14.1. The van der Waals surface area contributed by atoms with Crippen molar-refractivity contribution in [2.45, 2.75) is 19.8 Å². The zero-order valence-corrected chi connectivity index (χ0v) is 15.9. The first kappa shape index (κ1) is 19.4. The number of nitrogens with zero attached hydrogens (tertiary/aromatic N) is 5. The van der Waals surface area contributed by atoms with Crippen LogP contribution in [0.15, 0.2) is 48.8 Å². The second kappa shape index (κ2) is 8.60. The molecule has 0 unspecified atom stereocenters. The van der Waals surface area contributed by atoms with Crippen LogP contribution in [0, 0.1) is 11.6 Å². The molecule has 30 heavy (non-hydrogen) atoms. The third-order valence-corrected chi connectivity index (χ3v) is 4.19. The number of hydrogen-bond acceptors (Lipinski definition) is 7. The van der Waals surface area contributed by atoms with Crippen molar-refractivity contribution in [2.75, 3.05) is 5.32 Å². The van der Waals surface area contributed by atoms with E-state index in [9.17, 15) is 8.78 Å². The van der Waals surface area contributed by atoms with Gasteiger partial charge in [0.1, 0.15) is 11.6 Å². The number of aryl methyl sites for hydroxylation is 1.